The predicted octanol–water partition coefficient (Wildman–Crippen LogP) is 15.3. The van der Waals surface area contributed by atoms with Crippen molar-refractivity contribution in [1.29, 1.82) is 0 Å². The average Bonchev–Trinajstić information content (AvgIpc) is 3.09. The molecule has 0 saturated heterocycles. The number of allylic oxidation sites excluding steroid dienone is 6. The molecule has 1 heteroatoms. The highest BCUT2D eigenvalue weighted by molar-refractivity contribution is 5.13. The summed E-state index contributed by atoms with van der Waals surface area (Å²) in [5.41, 5.74) is 1.52. The summed E-state index contributed by atoms with van der Waals surface area (Å²) >= 11 is 0. The van der Waals surface area contributed by atoms with E-state index in [0.29, 0.717) is 0 Å². The van der Waals surface area contributed by atoms with Gasteiger partial charge in [-0.2, -0.15) is 0 Å². The fraction of sp³-hybridized carbons (Fsp3) is 0.739. The molecule has 0 atom stereocenters. The Kier molecular flexibility index (Phi) is 31.7. The first-order valence-electron chi connectivity index (χ1n) is 21.1. The Morgan fingerprint density at radius 1 is 0.362 bits per heavy atom. The van der Waals surface area contributed by atoms with Crippen LogP contribution in [0.1, 0.15) is 200 Å². The molecule has 0 heterocycles. The summed E-state index contributed by atoms with van der Waals surface area (Å²) in [7, 11) is 0. The van der Waals surface area contributed by atoms with Crippen molar-refractivity contribution in [2.75, 3.05) is 19.6 Å². The van der Waals surface area contributed by atoms with Gasteiger partial charge in [-0.1, -0.05) is 184 Å². The van der Waals surface area contributed by atoms with E-state index in [4.69, 9.17) is 0 Å². The van der Waals surface area contributed by atoms with Gasteiger partial charge in [-0.3, -0.25) is 0 Å². The van der Waals surface area contributed by atoms with E-state index >= 15 is 0 Å². The van der Waals surface area contributed by atoms with E-state index in [1.807, 2.05) is 0 Å². The molecule has 1 nitrogen and oxygen atoms in total. The number of quaternary nitrogens is 1. The predicted molar refractivity (Wildman–Crippen MR) is 214 cm³/mol. The second-order valence-electron chi connectivity index (χ2n) is 14.7. The summed E-state index contributed by atoms with van der Waals surface area (Å²) in [5.74, 6) is 0. The molecule has 0 bridgehead atoms. The lowest BCUT2D eigenvalue weighted by molar-refractivity contribution is -0.941. The zero-order valence-corrected chi connectivity index (χ0v) is 32.2. The summed E-state index contributed by atoms with van der Waals surface area (Å²) in [6.45, 7) is 12.0. The molecule has 0 aromatic heterocycles. The molecule has 1 aromatic rings. The van der Waals surface area contributed by atoms with Crippen molar-refractivity contribution in [2.45, 2.75) is 201 Å². The standard InChI is InChI=1S/C46H82N/c1-4-7-10-13-16-19-22-25-28-31-37-42-47(45-46-40-35-34-36-41-46,43-38-32-29-26-23-20-17-14-11-8-5-2)44-39-33-30-27-24-21-18-15-12-9-6-3/h25-30,34-36,40-41H,4-24,31-33,37-39,42-45H2,1-3H3/q+1/b28-25+,29-26+,30-27+. The highest BCUT2D eigenvalue weighted by Gasteiger charge is 2.26. The number of unbranched alkanes of at least 4 members (excludes halogenated alkanes) is 21. The summed E-state index contributed by atoms with van der Waals surface area (Å²) < 4.78 is 1.26. The van der Waals surface area contributed by atoms with E-state index in [1.165, 1.54) is 210 Å². The van der Waals surface area contributed by atoms with Crippen molar-refractivity contribution < 1.29 is 4.48 Å². The van der Waals surface area contributed by atoms with E-state index < -0.39 is 0 Å². The average molecular weight is 649 g/mol. The first-order chi connectivity index (χ1) is 23.3. The quantitative estimate of drug-likeness (QED) is 0.0390. The molecular weight excluding hydrogens is 567 g/mol. The number of rotatable bonds is 35. The minimum absolute atomic E-state index is 1.19. The molecule has 0 aliphatic carbocycles. The molecule has 0 amide bonds. The van der Waals surface area contributed by atoms with Crippen molar-refractivity contribution in [1.82, 2.24) is 0 Å². The number of benzene rings is 1. The van der Waals surface area contributed by atoms with E-state index in [1.54, 1.807) is 0 Å². The van der Waals surface area contributed by atoms with Gasteiger partial charge in [0.15, 0.2) is 0 Å². The van der Waals surface area contributed by atoms with Crippen molar-refractivity contribution in [2.24, 2.45) is 0 Å². The van der Waals surface area contributed by atoms with Crippen LogP contribution in [0.25, 0.3) is 0 Å². The van der Waals surface area contributed by atoms with Gasteiger partial charge in [-0.15, -0.1) is 0 Å². The van der Waals surface area contributed by atoms with Crippen LogP contribution in [0, 0.1) is 0 Å². The van der Waals surface area contributed by atoms with Gasteiger partial charge in [-0.05, 0) is 57.8 Å². The topological polar surface area (TPSA) is 0 Å². The van der Waals surface area contributed by atoms with Crippen LogP contribution in [-0.2, 0) is 6.54 Å². The molecule has 0 unspecified atom stereocenters. The fourth-order valence-corrected chi connectivity index (χ4v) is 7.01. The molecule has 47 heavy (non-hydrogen) atoms. The second kappa shape index (κ2) is 34.3. The number of hydrogen-bond acceptors (Lipinski definition) is 0. The van der Waals surface area contributed by atoms with Gasteiger partial charge >= 0.3 is 0 Å². The molecule has 0 aliphatic heterocycles. The smallest absolute Gasteiger partial charge is 0.104 e. The summed E-state index contributed by atoms with van der Waals surface area (Å²) in [4.78, 5) is 0. The molecule has 0 spiro atoms. The van der Waals surface area contributed by atoms with Crippen molar-refractivity contribution in [3.8, 4) is 0 Å². The monoisotopic (exact) mass is 649 g/mol. The fourth-order valence-electron chi connectivity index (χ4n) is 7.01. The minimum atomic E-state index is 1.19. The molecule has 0 N–H and O–H groups in total. The third-order valence-corrected chi connectivity index (χ3v) is 10.0. The third-order valence-electron chi connectivity index (χ3n) is 10.0. The first kappa shape index (κ1) is 43.4. The van der Waals surface area contributed by atoms with Crippen LogP contribution in [-0.4, -0.2) is 24.1 Å². The van der Waals surface area contributed by atoms with E-state index in [0.717, 1.165) is 0 Å². The van der Waals surface area contributed by atoms with E-state index in [2.05, 4.69) is 87.6 Å². The first-order valence-corrected chi connectivity index (χ1v) is 21.1. The van der Waals surface area contributed by atoms with Crippen LogP contribution in [0.2, 0.25) is 0 Å². The Hall–Kier alpha value is -1.60. The van der Waals surface area contributed by atoms with Crippen LogP contribution in [0.4, 0.5) is 0 Å². The van der Waals surface area contributed by atoms with Gasteiger partial charge in [0.1, 0.15) is 6.54 Å². The molecule has 0 aliphatic rings. The van der Waals surface area contributed by atoms with Crippen LogP contribution >= 0.6 is 0 Å². The Morgan fingerprint density at radius 3 is 1.00 bits per heavy atom. The van der Waals surface area contributed by atoms with Crippen LogP contribution in [0.5, 0.6) is 0 Å². The van der Waals surface area contributed by atoms with Gasteiger partial charge < -0.3 is 4.48 Å². The Morgan fingerprint density at radius 2 is 0.660 bits per heavy atom. The molecular formula is C46H82N+. The Balaban J connectivity index is 2.67. The van der Waals surface area contributed by atoms with Gasteiger partial charge in [-0.25, -0.2) is 0 Å². The normalized spacial score (nSPS) is 12.4. The van der Waals surface area contributed by atoms with Crippen molar-refractivity contribution in [3.05, 3.63) is 72.4 Å². The lowest BCUT2D eigenvalue weighted by Gasteiger charge is -2.39. The van der Waals surface area contributed by atoms with Crippen LogP contribution in [0.15, 0.2) is 66.8 Å². The van der Waals surface area contributed by atoms with Gasteiger partial charge in [0.25, 0.3) is 0 Å². The number of hydrogen-bond donors (Lipinski definition) is 0. The molecule has 0 fully saturated rings. The number of nitrogens with zero attached hydrogens (tertiary/aromatic N) is 1. The van der Waals surface area contributed by atoms with E-state index in [9.17, 15) is 0 Å². The maximum atomic E-state index is 2.50. The van der Waals surface area contributed by atoms with Crippen LogP contribution in [0.3, 0.4) is 0 Å². The zero-order chi connectivity index (χ0) is 33.8. The lowest BCUT2D eigenvalue weighted by atomic mass is 10.1. The molecule has 0 saturated carbocycles. The van der Waals surface area contributed by atoms with Gasteiger partial charge in [0.05, 0.1) is 19.6 Å². The summed E-state index contributed by atoms with van der Waals surface area (Å²) in [6.07, 6.45) is 51.5. The SMILES string of the molecule is CCCCCCCC/C=C/CCC[N+](CCC/C=C/CCCCCCCC)(CCC/C=C/CCCCCCCC)Cc1ccccc1. The molecule has 270 valence electrons. The van der Waals surface area contributed by atoms with Crippen LogP contribution < -0.4 is 0 Å². The van der Waals surface area contributed by atoms with Gasteiger partial charge in [0, 0.05) is 24.8 Å². The maximum Gasteiger partial charge on any atom is 0.104 e. The van der Waals surface area contributed by atoms with Gasteiger partial charge in [0.2, 0.25) is 0 Å². The minimum Gasteiger partial charge on any atom is -0.320 e. The van der Waals surface area contributed by atoms with E-state index in [-0.39, 0.29) is 0 Å². The molecule has 1 aromatic carbocycles. The molecule has 1 rings (SSSR count). The van der Waals surface area contributed by atoms with Crippen molar-refractivity contribution >= 4 is 0 Å². The highest BCUT2D eigenvalue weighted by atomic mass is 15.3. The van der Waals surface area contributed by atoms with Crippen molar-refractivity contribution in [3.63, 3.8) is 0 Å². The molecule has 0 radical (unpaired) electrons. The summed E-state index contributed by atoms with van der Waals surface area (Å²) in [5, 5.41) is 0. The Bertz CT molecular complexity index is 755. The Labute approximate surface area is 296 Å². The third kappa shape index (κ3) is 28.0. The second-order valence-corrected chi connectivity index (χ2v) is 14.7. The zero-order valence-electron chi connectivity index (χ0n) is 32.2. The highest BCUT2D eigenvalue weighted by Crippen LogP contribution is 2.21. The largest absolute Gasteiger partial charge is 0.320 e. The lowest BCUT2D eigenvalue weighted by Crippen LogP contribution is -2.49. The summed E-state index contributed by atoms with van der Waals surface area (Å²) in [6, 6.07) is 11.4. The maximum absolute atomic E-state index is 2.50.